The van der Waals surface area contributed by atoms with Gasteiger partial charge in [0.05, 0.1) is 36.5 Å². The van der Waals surface area contributed by atoms with Crippen molar-refractivity contribution in [2.24, 2.45) is 0 Å². The maximum Gasteiger partial charge on any atom is 0.168 e. The van der Waals surface area contributed by atoms with Crippen LogP contribution in [0.4, 0.5) is 0 Å². The molecule has 0 N–H and O–H groups in total. The van der Waals surface area contributed by atoms with E-state index in [0.29, 0.717) is 23.3 Å². The zero-order chi connectivity index (χ0) is 22.0. The Morgan fingerprint density at radius 2 is 1.84 bits per heavy atom. The average Bonchev–Trinajstić information content (AvgIpc) is 3.22. The molecular formula is C26H24N4O. The van der Waals surface area contributed by atoms with Crippen LogP contribution in [0.3, 0.4) is 0 Å². The second kappa shape index (κ2) is 8.16. The third-order valence-electron chi connectivity index (χ3n) is 5.33. The Hall–Kier alpha value is -3.78. The first-order chi connectivity index (χ1) is 14.8. The van der Waals surface area contributed by atoms with E-state index in [0.717, 1.165) is 16.8 Å². The van der Waals surface area contributed by atoms with Crippen molar-refractivity contribution in [3.05, 3.63) is 89.2 Å². The number of rotatable bonds is 5. The number of aromatic nitrogens is 3. The van der Waals surface area contributed by atoms with Crippen molar-refractivity contribution in [2.45, 2.75) is 39.0 Å². The number of hydrogen-bond donors (Lipinski definition) is 0. The zero-order valence-corrected chi connectivity index (χ0v) is 18.0. The Morgan fingerprint density at radius 3 is 2.55 bits per heavy atom. The molecular weight excluding hydrogens is 384 g/mol. The largest absolute Gasteiger partial charge is 0.294 e. The molecule has 0 spiro atoms. The molecule has 0 fully saturated rings. The smallest absolute Gasteiger partial charge is 0.168 e. The first-order valence-electron chi connectivity index (χ1n) is 10.3. The molecule has 0 atom stereocenters. The van der Waals surface area contributed by atoms with Gasteiger partial charge in [-0.3, -0.25) is 4.79 Å². The molecule has 0 unspecified atom stereocenters. The molecule has 154 valence electrons. The number of Topliss-reactive ketones (excluding diaryl/α,β-unsaturated/α-hetero) is 1. The van der Waals surface area contributed by atoms with Crippen LogP contribution in [0.25, 0.3) is 16.9 Å². The molecule has 4 rings (SSSR count). The summed E-state index contributed by atoms with van der Waals surface area (Å²) >= 11 is 0. The Labute approximate surface area is 182 Å². The van der Waals surface area contributed by atoms with E-state index in [4.69, 9.17) is 5.26 Å². The lowest BCUT2D eigenvalue weighted by Gasteiger charge is -2.19. The fraction of sp³-hybridized carbons (Fsp3) is 0.231. The Bertz CT molecular complexity index is 1290. The minimum atomic E-state index is 0.0287. The fourth-order valence-corrected chi connectivity index (χ4v) is 3.62. The van der Waals surface area contributed by atoms with Crippen LogP contribution in [-0.2, 0) is 18.3 Å². The van der Waals surface area contributed by atoms with Crippen LogP contribution in [0.5, 0.6) is 0 Å². The number of benzene rings is 2. The highest BCUT2D eigenvalue weighted by atomic mass is 16.1. The highest BCUT2D eigenvalue weighted by Crippen LogP contribution is 2.24. The van der Waals surface area contributed by atoms with Crippen LogP contribution < -0.4 is 0 Å². The summed E-state index contributed by atoms with van der Waals surface area (Å²) in [5.74, 6) is 0.0287. The molecule has 0 amide bonds. The molecule has 31 heavy (non-hydrogen) atoms. The molecule has 5 heteroatoms. The van der Waals surface area contributed by atoms with Gasteiger partial charge in [-0.25, -0.2) is 9.50 Å². The van der Waals surface area contributed by atoms with Gasteiger partial charge in [-0.2, -0.15) is 10.4 Å². The van der Waals surface area contributed by atoms with Gasteiger partial charge in [0.15, 0.2) is 11.4 Å². The van der Waals surface area contributed by atoms with E-state index in [9.17, 15) is 4.79 Å². The highest BCUT2D eigenvalue weighted by molar-refractivity contribution is 5.97. The van der Waals surface area contributed by atoms with Gasteiger partial charge in [-0.15, -0.1) is 0 Å². The van der Waals surface area contributed by atoms with E-state index in [1.54, 1.807) is 10.7 Å². The third kappa shape index (κ3) is 4.39. The van der Waals surface area contributed by atoms with Crippen LogP contribution in [0.1, 0.15) is 48.0 Å². The monoisotopic (exact) mass is 408 g/mol. The van der Waals surface area contributed by atoms with Gasteiger partial charge >= 0.3 is 0 Å². The van der Waals surface area contributed by atoms with Gasteiger partial charge in [0, 0.05) is 17.2 Å². The molecule has 5 nitrogen and oxygen atoms in total. The maximum absolute atomic E-state index is 12.9. The van der Waals surface area contributed by atoms with Gasteiger partial charge in [0.1, 0.15) is 0 Å². The lowest BCUT2D eigenvalue weighted by molar-refractivity contribution is 0.0992. The normalized spacial score (nSPS) is 11.4. The summed E-state index contributed by atoms with van der Waals surface area (Å²) in [5.41, 5.74) is 6.03. The van der Waals surface area contributed by atoms with Crippen molar-refractivity contribution in [3.8, 4) is 17.3 Å². The van der Waals surface area contributed by atoms with Crippen molar-refractivity contribution < 1.29 is 4.79 Å². The number of nitrogens with zero attached hydrogens (tertiary/aromatic N) is 4. The number of carbonyl (C=O) groups excluding carboxylic acids is 1. The summed E-state index contributed by atoms with van der Waals surface area (Å²) in [4.78, 5) is 17.6. The van der Waals surface area contributed by atoms with E-state index in [1.165, 1.54) is 5.56 Å². The van der Waals surface area contributed by atoms with Crippen molar-refractivity contribution in [1.82, 2.24) is 14.6 Å². The van der Waals surface area contributed by atoms with Gasteiger partial charge < -0.3 is 0 Å². The minimum absolute atomic E-state index is 0.0287. The SMILES string of the molecule is CC(C)(C)c1ccc(C(=O)Cc2cc(-c3cccc(CC#N)c3)n3nccc3n2)cc1. The minimum Gasteiger partial charge on any atom is -0.294 e. The summed E-state index contributed by atoms with van der Waals surface area (Å²) < 4.78 is 1.76. The van der Waals surface area contributed by atoms with Crippen LogP contribution in [0, 0.1) is 11.3 Å². The van der Waals surface area contributed by atoms with Crippen LogP contribution in [-0.4, -0.2) is 20.4 Å². The quantitative estimate of drug-likeness (QED) is 0.426. The molecule has 4 aromatic rings. The number of carbonyl (C=O) groups is 1. The third-order valence-corrected chi connectivity index (χ3v) is 5.33. The van der Waals surface area contributed by atoms with Gasteiger partial charge in [-0.1, -0.05) is 63.2 Å². The fourth-order valence-electron chi connectivity index (χ4n) is 3.62. The summed E-state index contributed by atoms with van der Waals surface area (Å²) in [5, 5.41) is 13.4. The van der Waals surface area contributed by atoms with Crippen LogP contribution in [0.2, 0.25) is 0 Å². The number of ketones is 1. The second-order valence-electron chi connectivity index (χ2n) is 8.70. The van der Waals surface area contributed by atoms with E-state index in [1.807, 2.05) is 60.7 Å². The summed E-state index contributed by atoms with van der Waals surface area (Å²) in [6.07, 6.45) is 2.25. The molecule has 2 aromatic heterocycles. The number of nitriles is 1. The Kier molecular flexibility index (Phi) is 5.39. The zero-order valence-electron chi connectivity index (χ0n) is 18.0. The van der Waals surface area contributed by atoms with E-state index in [2.05, 4.69) is 36.9 Å². The van der Waals surface area contributed by atoms with Gasteiger partial charge in [0.25, 0.3) is 0 Å². The van der Waals surface area contributed by atoms with Gasteiger partial charge in [-0.05, 0) is 28.7 Å². The number of fused-ring (bicyclic) bond motifs is 1. The van der Waals surface area contributed by atoms with E-state index in [-0.39, 0.29) is 17.6 Å². The van der Waals surface area contributed by atoms with Crippen molar-refractivity contribution in [3.63, 3.8) is 0 Å². The standard InChI is InChI=1S/C26H24N4O/c1-26(2,3)21-9-7-19(8-10-21)24(31)17-22-16-23(30-25(29-22)12-14-28-30)20-6-4-5-18(15-20)11-13-27/h4-10,12,14-16H,11,17H2,1-3H3. The van der Waals surface area contributed by atoms with E-state index >= 15 is 0 Å². The predicted octanol–water partition coefficient (Wildman–Crippen LogP) is 5.19. The summed E-state index contributed by atoms with van der Waals surface area (Å²) in [6, 6.07) is 21.6. The average molecular weight is 409 g/mol. The lowest BCUT2D eigenvalue weighted by atomic mass is 9.86. The van der Waals surface area contributed by atoms with Crippen molar-refractivity contribution >= 4 is 11.4 Å². The molecule has 0 bridgehead atoms. The van der Waals surface area contributed by atoms with Crippen molar-refractivity contribution in [1.29, 1.82) is 5.26 Å². The molecule has 0 aliphatic carbocycles. The van der Waals surface area contributed by atoms with Crippen molar-refractivity contribution in [2.75, 3.05) is 0 Å². The second-order valence-corrected chi connectivity index (χ2v) is 8.70. The molecule has 2 heterocycles. The van der Waals surface area contributed by atoms with E-state index < -0.39 is 0 Å². The summed E-state index contributed by atoms with van der Waals surface area (Å²) in [6.45, 7) is 6.46. The first-order valence-corrected chi connectivity index (χ1v) is 10.3. The molecule has 0 aliphatic heterocycles. The molecule has 2 aromatic carbocycles. The predicted molar refractivity (Wildman–Crippen MR) is 121 cm³/mol. The van der Waals surface area contributed by atoms with Gasteiger partial charge in [0.2, 0.25) is 0 Å². The summed E-state index contributed by atoms with van der Waals surface area (Å²) in [7, 11) is 0. The molecule has 0 saturated carbocycles. The lowest BCUT2D eigenvalue weighted by Crippen LogP contribution is -2.12. The maximum atomic E-state index is 12.9. The first kappa shape index (κ1) is 20.5. The number of hydrogen-bond acceptors (Lipinski definition) is 4. The van der Waals surface area contributed by atoms with Crippen LogP contribution in [0.15, 0.2) is 66.9 Å². The molecule has 0 saturated heterocycles. The topological polar surface area (TPSA) is 71.0 Å². The van der Waals surface area contributed by atoms with Crippen LogP contribution >= 0.6 is 0 Å². The molecule has 0 radical (unpaired) electrons. The highest BCUT2D eigenvalue weighted by Gasteiger charge is 2.16. The molecule has 0 aliphatic rings. The Balaban J connectivity index is 1.67. The Morgan fingerprint density at radius 1 is 1.06 bits per heavy atom.